The van der Waals surface area contributed by atoms with E-state index in [0.29, 0.717) is 0 Å². The first-order valence-electron chi connectivity index (χ1n) is 5.26. The molecule has 1 aliphatic heterocycles. The molecule has 2 N–H and O–H groups in total. The maximum Gasteiger partial charge on any atom is 0.154 e. The van der Waals surface area contributed by atoms with Crippen molar-refractivity contribution in [2.75, 3.05) is 24.3 Å². The third kappa shape index (κ3) is 3.64. The van der Waals surface area contributed by atoms with E-state index in [1.807, 2.05) is 0 Å². The minimum atomic E-state index is -3.23. The molecular weight excluding hydrogens is 266 g/mol. The van der Waals surface area contributed by atoms with E-state index in [4.69, 9.17) is 0 Å². The Morgan fingerprint density at radius 1 is 1.35 bits per heavy atom. The largest absolute Gasteiger partial charge is 0.390 e. The van der Waals surface area contributed by atoms with Crippen LogP contribution in [0.4, 0.5) is 0 Å². The molecule has 0 spiro atoms. The van der Waals surface area contributed by atoms with Crippen LogP contribution in [0.2, 0.25) is 0 Å². The summed E-state index contributed by atoms with van der Waals surface area (Å²) in [6, 6.07) is -0.582. The van der Waals surface area contributed by atoms with Gasteiger partial charge in [-0.05, 0) is 13.8 Å². The van der Waals surface area contributed by atoms with E-state index in [9.17, 15) is 21.9 Å². The van der Waals surface area contributed by atoms with Crippen LogP contribution in [0, 0.1) is 0 Å². The van der Waals surface area contributed by atoms with Crippen molar-refractivity contribution < 1.29 is 21.9 Å². The molecule has 1 aliphatic rings. The summed E-state index contributed by atoms with van der Waals surface area (Å²) in [5, 5.41) is 12.4. The van der Waals surface area contributed by atoms with E-state index in [-0.39, 0.29) is 18.1 Å². The summed E-state index contributed by atoms with van der Waals surface area (Å²) in [5.41, 5.74) is 0. The lowest BCUT2D eigenvalue weighted by molar-refractivity contribution is 0.165. The SMILES string of the molecule is CC(C)(CNC1CS(=O)(=O)CC1O)S(C)(=O)=O. The first-order chi connectivity index (χ1) is 7.45. The van der Waals surface area contributed by atoms with Crippen LogP contribution in [-0.2, 0) is 19.7 Å². The van der Waals surface area contributed by atoms with E-state index in [0.717, 1.165) is 6.26 Å². The van der Waals surface area contributed by atoms with Crippen molar-refractivity contribution in [3.63, 3.8) is 0 Å². The second-order valence-corrected chi connectivity index (χ2v) is 9.97. The van der Waals surface area contributed by atoms with Gasteiger partial charge in [-0.1, -0.05) is 0 Å². The maximum absolute atomic E-state index is 11.4. The second kappa shape index (κ2) is 4.49. The maximum atomic E-state index is 11.4. The van der Waals surface area contributed by atoms with Crippen LogP contribution in [0.25, 0.3) is 0 Å². The van der Waals surface area contributed by atoms with E-state index in [1.165, 1.54) is 0 Å². The Balaban J connectivity index is 2.65. The van der Waals surface area contributed by atoms with Gasteiger partial charge in [0.15, 0.2) is 19.7 Å². The number of aliphatic hydroxyl groups is 1. The van der Waals surface area contributed by atoms with Gasteiger partial charge in [-0.2, -0.15) is 0 Å². The third-order valence-electron chi connectivity index (χ3n) is 3.12. The molecule has 1 fully saturated rings. The minimum Gasteiger partial charge on any atom is -0.390 e. The molecule has 17 heavy (non-hydrogen) atoms. The van der Waals surface area contributed by atoms with Gasteiger partial charge in [0.1, 0.15) is 0 Å². The van der Waals surface area contributed by atoms with Gasteiger partial charge in [0.2, 0.25) is 0 Å². The zero-order chi connectivity index (χ0) is 13.5. The lowest BCUT2D eigenvalue weighted by Crippen LogP contribution is -2.48. The summed E-state index contributed by atoms with van der Waals surface area (Å²) in [4.78, 5) is 0. The predicted octanol–water partition coefficient (Wildman–Crippen LogP) is -1.44. The number of sulfone groups is 2. The molecule has 1 rings (SSSR count). The fraction of sp³-hybridized carbons (Fsp3) is 1.00. The lowest BCUT2D eigenvalue weighted by atomic mass is 10.1. The highest BCUT2D eigenvalue weighted by Gasteiger charge is 2.38. The van der Waals surface area contributed by atoms with E-state index in [2.05, 4.69) is 5.32 Å². The van der Waals surface area contributed by atoms with Crippen LogP contribution in [0.3, 0.4) is 0 Å². The average Bonchev–Trinajstić information content (AvgIpc) is 2.34. The number of hydrogen-bond acceptors (Lipinski definition) is 6. The first-order valence-corrected chi connectivity index (χ1v) is 8.97. The van der Waals surface area contributed by atoms with Gasteiger partial charge in [0.25, 0.3) is 0 Å². The summed E-state index contributed by atoms with van der Waals surface area (Å²) in [6.45, 7) is 3.24. The molecule has 2 unspecified atom stereocenters. The molecule has 2 atom stereocenters. The quantitative estimate of drug-likeness (QED) is 0.656. The number of aliphatic hydroxyl groups excluding tert-OH is 1. The van der Waals surface area contributed by atoms with E-state index >= 15 is 0 Å². The van der Waals surface area contributed by atoms with Gasteiger partial charge in [-0.15, -0.1) is 0 Å². The van der Waals surface area contributed by atoms with E-state index < -0.39 is 36.6 Å². The first kappa shape index (κ1) is 14.9. The smallest absolute Gasteiger partial charge is 0.154 e. The number of nitrogens with one attached hydrogen (secondary N) is 1. The molecular formula is C9H19NO5S2. The summed E-state index contributed by atoms with van der Waals surface area (Å²) in [5.74, 6) is -0.405. The molecule has 0 aromatic heterocycles. The minimum absolute atomic E-state index is 0.114. The van der Waals surface area contributed by atoms with Crippen LogP contribution in [0.1, 0.15) is 13.8 Å². The zero-order valence-electron chi connectivity index (χ0n) is 10.2. The van der Waals surface area contributed by atoms with Crippen LogP contribution in [0.5, 0.6) is 0 Å². The molecule has 0 amide bonds. The topological polar surface area (TPSA) is 101 Å². The van der Waals surface area contributed by atoms with Crippen molar-refractivity contribution in [3.8, 4) is 0 Å². The van der Waals surface area contributed by atoms with Gasteiger partial charge in [-0.3, -0.25) is 0 Å². The molecule has 102 valence electrons. The standard InChI is InChI=1S/C9H19NO5S2/c1-9(2,16(3,12)13)6-10-7-4-17(14,15)5-8(7)11/h7-8,10-11H,4-6H2,1-3H3. The third-order valence-corrected chi connectivity index (χ3v) is 6.98. The molecule has 0 aromatic rings. The Kier molecular flexibility index (Phi) is 3.93. The summed E-state index contributed by atoms with van der Waals surface area (Å²) in [6.07, 6.45) is 0.173. The molecule has 6 nitrogen and oxygen atoms in total. The van der Waals surface area contributed by atoms with Crippen molar-refractivity contribution >= 4 is 19.7 Å². The van der Waals surface area contributed by atoms with Gasteiger partial charge >= 0.3 is 0 Å². The summed E-state index contributed by atoms with van der Waals surface area (Å²) in [7, 11) is -6.44. The Bertz CT molecular complexity index is 480. The lowest BCUT2D eigenvalue weighted by Gasteiger charge is -2.25. The molecule has 1 heterocycles. The molecule has 0 bridgehead atoms. The highest BCUT2D eigenvalue weighted by atomic mass is 32.2. The van der Waals surface area contributed by atoms with Crippen LogP contribution < -0.4 is 5.32 Å². The molecule has 0 aromatic carbocycles. The Labute approximate surface area is 102 Å². The highest BCUT2D eigenvalue weighted by Crippen LogP contribution is 2.17. The zero-order valence-corrected chi connectivity index (χ0v) is 11.8. The second-order valence-electron chi connectivity index (χ2n) is 5.16. The molecule has 1 saturated heterocycles. The highest BCUT2D eigenvalue weighted by molar-refractivity contribution is 7.92. The fourth-order valence-corrected chi connectivity index (χ4v) is 3.65. The van der Waals surface area contributed by atoms with Crippen molar-refractivity contribution in [1.82, 2.24) is 5.32 Å². The van der Waals surface area contributed by atoms with Crippen molar-refractivity contribution in [1.29, 1.82) is 0 Å². The van der Waals surface area contributed by atoms with Gasteiger partial charge in [0, 0.05) is 18.8 Å². The number of hydrogen-bond donors (Lipinski definition) is 2. The normalized spacial score (nSPS) is 29.4. The molecule has 0 aliphatic carbocycles. The Morgan fingerprint density at radius 3 is 2.24 bits per heavy atom. The van der Waals surface area contributed by atoms with Crippen LogP contribution in [-0.4, -0.2) is 63.1 Å². The monoisotopic (exact) mass is 285 g/mol. The molecule has 8 heteroatoms. The van der Waals surface area contributed by atoms with Gasteiger partial charge in [0.05, 0.1) is 22.4 Å². The summed E-state index contributed by atoms with van der Waals surface area (Å²) < 4.78 is 44.4. The van der Waals surface area contributed by atoms with Gasteiger partial charge < -0.3 is 10.4 Å². The van der Waals surface area contributed by atoms with Crippen LogP contribution >= 0.6 is 0 Å². The average molecular weight is 285 g/mol. The Morgan fingerprint density at radius 2 is 1.88 bits per heavy atom. The van der Waals surface area contributed by atoms with Crippen LogP contribution in [0.15, 0.2) is 0 Å². The molecule has 0 saturated carbocycles. The van der Waals surface area contributed by atoms with Crippen molar-refractivity contribution in [2.45, 2.75) is 30.7 Å². The Hall–Kier alpha value is -0.180. The molecule has 0 radical (unpaired) electrons. The van der Waals surface area contributed by atoms with E-state index in [1.54, 1.807) is 13.8 Å². The summed E-state index contributed by atoms with van der Waals surface area (Å²) >= 11 is 0. The van der Waals surface area contributed by atoms with Crippen molar-refractivity contribution in [2.24, 2.45) is 0 Å². The fourth-order valence-electron chi connectivity index (χ4n) is 1.53. The predicted molar refractivity (Wildman–Crippen MR) is 65.4 cm³/mol. The number of rotatable bonds is 4. The van der Waals surface area contributed by atoms with Gasteiger partial charge in [-0.25, -0.2) is 16.8 Å². The van der Waals surface area contributed by atoms with Crippen molar-refractivity contribution in [3.05, 3.63) is 0 Å².